The van der Waals surface area contributed by atoms with Gasteiger partial charge in [0.25, 0.3) is 0 Å². The molecular formula is C14H14OS. The minimum atomic E-state index is 0.252. The van der Waals surface area contributed by atoms with E-state index in [4.69, 9.17) is 0 Å². The minimum Gasteiger partial charge on any atom is -0.293 e. The molecule has 1 nitrogen and oxygen atoms in total. The van der Waals surface area contributed by atoms with Crippen molar-refractivity contribution in [3.05, 3.63) is 57.8 Å². The molecule has 0 unspecified atom stereocenters. The van der Waals surface area contributed by atoms with Gasteiger partial charge in [0, 0.05) is 6.42 Å². The first-order chi connectivity index (χ1) is 7.75. The van der Waals surface area contributed by atoms with Gasteiger partial charge in [0.05, 0.1) is 4.88 Å². The Bertz CT molecular complexity index is 470. The van der Waals surface area contributed by atoms with Crippen molar-refractivity contribution in [3.8, 4) is 0 Å². The molecule has 0 atom stereocenters. The Labute approximate surface area is 99.8 Å². The van der Waals surface area contributed by atoms with E-state index < -0.39 is 0 Å². The molecule has 0 bridgehead atoms. The molecule has 0 amide bonds. The molecule has 82 valence electrons. The number of rotatable bonds is 4. The molecule has 0 aliphatic heterocycles. The normalized spacial score (nSPS) is 10.3. The lowest BCUT2D eigenvalue weighted by Gasteiger charge is -1.99. The van der Waals surface area contributed by atoms with E-state index in [0.29, 0.717) is 6.42 Å². The van der Waals surface area contributed by atoms with Gasteiger partial charge in [-0.2, -0.15) is 0 Å². The van der Waals surface area contributed by atoms with Crippen LogP contribution in [-0.4, -0.2) is 5.78 Å². The number of thiophene rings is 1. The number of ketones is 1. The number of benzene rings is 1. The number of carbonyl (C=O) groups excluding carboxylic acids is 1. The van der Waals surface area contributed by atoms with Gasteiger partial charge in [-0.05, 0) is 35.9 Å². The van der Waals surface area contributed by atoms with Gasteiger partial charge in [-0.1, -0.05) is 30.3 Å². The predicted octanol–water partition coefficient (Wildman–Crippen LogP) is 3.87. The highest BCUT2D eigenvalue weighted by Crippen LogP contribution is 2.16. The zero-order valence-corrected chi connectivity index (χ0v) is 10.1. The Hall–Kier alpha value is -1.41. The van der Waals surface area contributed by atoms with Gasteiger partial charge in [0.15, 0.2) is 5.78 Å². The summed E-state index contributed by atoms with van der Waals surface area (Å²) in [6, 6.07) is 12.1. The molecule has 0 aliphatic rings. The third kappa shape index (κ3) is 2.80. The van der Waals surface area contributed by atoms with Gasteiger partial charge in [-0.3, -0.25) is 4.79 Å². The average molecular weight is 230 g/mol. The predicted molar refractivity (Wildman–Crippen MR) is 68.1 cm³/mol. The molecule has 1 aromatic heterocycles. The summed E-state index contributed by atoms with van der Waals surface area (Å²) in [6.45, 7) is 2.02. The molecule has 2 aromatic rings. The molecular weight excluding hydrogens is 216 g/mol. The summed E-state index contributed by atoms with van der Waals surface area (Å²) in [4.78, 5) is 12.7. The lowest BCUT2D eigenvalue weighted by atomic mass is 10.1. The molecule has 16 heavy (non-hydrogen) atoms. The number of carbonyl (C=O) groups is 1. The topological polar surface area (TPSA) is 17.1 Å². The zero-order chi connectivity index (χ0) is 11.4. The van der Waals surface area contributed by atoms with Crippen LogP contribution in [0.2, 0.25) is 0 Å². The quantitative estimate of drug-likeness (QED) is 0.729. The summed E-state index contributed by atoms with van der Waals surface area (Å²) in [5.74, 6) is 0.252. The smallest absolute Gasteiger partial charge is 0.173 e. The van der Waals surface area contributed by atoms with Gasteiger partial charge in [-0.15, -0.1) is 11.3 Å². The van der Waals surface area contributed by atoms with E-state index in [2.05, 4.69) is 12.1 Å². The van der Waals surface area contributed by atoms with E-state index in [-0.39, 0.29) is 5.78 Å². The summed E-state index contributed by atoms with van der Waals surface area (Å²) in [5, 5.41) is 2.02. The van der Waals surface area contributed by atoms with Gasteiger partial charge in [-0.25, -0.2) is 0 Å². The molecule has 0 saturated heterocycles. The Balaban J connectivity index is 1.94. The fraction of sp³-hybridized carbons (Fsp3) is 0.214. The van der Waals surface area contributed by atoms with Crippen molar-refractivity contribution in [2.24, 2.45) is 0 Å². The van der Waals surface area contributed by atoms with Crippen LogP contribution in [0.5, 0.6) is 0 Å². The number of aryl methyl sites for hydroxylation is 2. The van der Waals surface area contributed by atoms with Gasteiger partial charge >= 0.3 is 0 Å². The maximum atomic E-state index is 11.8. The van der Waals surface area contributed by atoms with Crippen molar-refractivity contribution < 1.29 is 4.79 Å². The summed E-state index contributed by atoms with van der Waals surface area (Å²) in [6.07, 6.45) is 1.43. The first-order valence-electron chi connectivity index (χ1n) is 5.38. The molecule has 0 saturated carbocycles. The second kappa shape index (κ2) is 5.08. The first kappa shape index (κ1) is 11.1. The Morgan fingerprint density at radius 2 is 2.00 bits per heavy atom. The number of hydrogen-bond donors (Lipinski definition) is 0. The Kier molecular flexibility index (Phi) is 3.52. The second-order valence-electron chi connectivity index (χ2n) is 3.90. The molecule has 0 aliphatic carbocycles. The Morgan fingerprint density at radius 3 is 2.62 bits per heavy atom. The van der Waals surface area contributed by atoms with Gasteiger partial charge in [0.1, 0.15) is 0 Å². The van der Waals surface area contributed by atoms with Crippen LogP contribution in [0.15, 0.2) is 41.8 Å². The van der Waals surface area contributed by atoms with Crippen LogP contribution < -0.4 is 0 Å². The maximum absolute atomic E-state index is 11.8. The van der Waals surface area contributed by atoms with Crippen LogP contribution in [0.3, 0.4) is 0 Å². The highest BCUT2D eigenvalue weighted by molar-refractivity contribution is 7.12. The molecule has 0 fully saturated rings. The van der Waals surface area contributed by atoms with E-state index in [1.165, 1.54) is 11.1 Å². The molecule has 0 N–H and O–H groups in total. The molecule has 0 spiro atoms. The number of Topliss-reactive ketones (excluding diaryl/α,β-unsaturated/α-hetero) is 1. The third-order valence-corrected chi connectivity index (χ3v) is 3.58. The lowest BCUT2D eigenvalue weighted by molar-refractivity contribution is 0.0986. The van der Waals surface area contributed by atoms with Gasteiger partial charge < -0.3 is 0 Å². The largest absolute Gasteiger partial charge is 0.293 e. The van der Waals surface area contributed by atoms with Crippen molar-refractivity contribution in [1.29, 1.82) is 0 Å². The SMILES string of the molecule is Cc1csc(C(=O)CCc2ccccc2)c1. The summed E-state index contributed by atoms with van der Waals surface area (Å²) in [5.41, 5.74) is 2.40. The number of hydrogen-bond acceptors (Lipinski definition) is 2. The maximum Gasteiger partial charge on any atom is 0.173 e. The van der Waals surface area contributed by atoms with Crippen molar-refractivity contribution in [2.45, 2.75) is 19.8 Å². The van der Waals surface area contributed by atoms with E-state index in [9.17, 15) is 4.79 Å². The molecule has 2 heteroatoms. The first-order valence-corrected chi connectivity index (χ1v) is 6.26. The molecule has 0 radical (unpaired) electrons. The minimum absolute atomic E-state index is 0.252. The standard InChI is InChI=1S/C14H14OS/c1-11-9-14(16-10-11)13(15)8-7-12-5-3-2-4-6-12/h2-6,9-10H,7-8H2,1H3. The summed E-state index contributed by atoms with van der Waals surface area (Å²) >= 11 is 1.54. The summed E-state index contributed by atoms with van der Waals surface area (Å²) in [7, 11) is 0. The van der Waals surface area contributed by atoms with Gasteiger partial charge in [0.2, 0.25) is 0 Å². The van der Waals surface area contributed by atoms with E-state index in [0.717, 1.165) is 11.3 Å². The Morgan fingerprint density at radius 1 is 1.25 bits per heavy atom. The van der Waals surface area contributed by atoms with Crippen LogP contribution in [0.25, 0.3) is 0 Å². The van der Waals surface area contributed by atoms with E-state index in [1.54, 1.807) is 11.3 Å². The monoisotopic (exact) mass is 230 g/mol. The van der Waals surface area contributed by atoms with Crippen LogP contribution in [0.4, 0.5) is 0 Å². The highest BCUT2D eigenvalue weighted by atomic mass is 32.1. The fourth-order valence-electron chi connectivity index (χ4n) is 1.60. The van der Waals surface area contributed by atoms with Crippen molar-refractivity contribution in [3.63, 3.8) is 0 Å². The highest BCUT2D eigenvalue weighted by Gasteiger charge is 2.07. The van der Waals surface area contributed by atoms with Crippen molar-refractivity contribution >= 4 is 17.1 Å². The molecule has 1 heterocycles. The lowest BCUT2D eigenvalue weighted by Crippen LogP contribution is -1.98. The molecule has 2 rings (SSSR count). The van der Waals surface area contributed by atoms with Crippen molar-refractivity contribution in [1.82, 2.24) is 0 Å². The fourth-order valence-corrected chi connectivity index (χ4v) is 2.47. The third-order valence-electron chi connectivity index (χ3n) is 2.49. The van der Waals surface area contributed by atoms with Crippen LogP contribution in [0.1, 0.15) is 27.2 Å². The molecule has 1 aromatic carbocycles. The van der Waals surface area contributed by atoms with E-state index in [1.807, 2.05) is 36.6 Å². The van der Waals surface area contributed by atoms with Crippen LogP contribution in [-0.2, 0) is 6.42 Å². The zero-order valence-electron chi connectivity index (χ0n) is 9.27. The van der Waals surface area contributed by atoms with Crippen LogP contribution in [0, 0.1) is 6.92 Å². The van der Waals surface area contributed by atoms with E-state index >= 15 is 0 Å². The average Bonchev–Trinajstić information content (AvgIpc) is 2.74. The van der Waals surface area contributed by atoms with Crippen molar-refractivity contribution in [2.75, 3.05) is 0 Å². The second-order valence-corrected chi connectivity index (χ2v) is 4.81. The van der Waals surface area contributed by atoms with Crippen LogP contribution >= 0.6 is 11.3 Å². The summed E-state index contributed by atoms with van der Waals surface area (Å²) < 4.78 is 0.